The largest absolute Gasteiger partial charge is 0.355 e. The molecule has 0 spiro atoms. The second kappa shape index (κ2) is 8.91. The van der Waals surface area contributed by atoms with Gasteiger partial charge >= 0.3 is 0 Å². The van der Waals surface area contributed by atoms with Crippen LogP contribution in [-0.4, -0.2) is 48.9 Å². The molecule has 0 bridgehead atoms. The minimum atomic E-state index is -0.0567. The Balaban J connectivity index is 2.27. The van der Waals surface area contributed by atoms with Crippen molar-refractivity contribution in [3.8, 4) is 0 Å². The number of amides is 2. The van der Waals surface area contributed by atoms with Gasteiger partial charge in [-0.25, -0.2) is 0 Å². The number of rotatable bonds is 10. The molecule has 0 saturated heterocycles. The zero-order valence-electron chi connectivity index (χ0n) is 12.2. The van der Waals surface area contributed by atoms with E-state index in [0.717, 1.165) is 19.4 Å². The SMILES string of the molecule is CCCNC(=O)CN(CCC)C(=O)CCNC1CC1. The molecule has 0 radical (unpaired) electrons. The first-order valence-electron chi connectivity index (χ1n) is 7.45. The Morgan fingerprint density at radius 1 is 1.16 bits per heavy atom. The minimum absolute atomic E-state index is 0.0567. The van der Waals surface area contributed by atoms with E-state index < -0.39 is 0 Å². The summed E-state index contributed by atoms with van der Waals surface area (Å²) in [6.45, 7) is 6.28. The number of carbonyl (C=O) groups is 2. The van der Waals surface area contributed by atoms with Crippen LogP contribution in [0.3, 0.4) is 0 Å². The predicted molar refractivity (Wildman–Crippen MR) is 75.8 cm³/mol. The molecule has 2 N–H and O–H groups in total. The quantitative estimate of drug-likeness (QED) is 0.619. The van der Waals surface area contributed by atoms with E-state index in [1.165, 1.54) is 12.8 Å². The lowest BCUT2D eigenvalue weighted by Gasteiger charge is -2.21. The summed E-state index contributed by atoms with van der Waals surface area (Å²) in [6.07, 6.45) is 4.73. The minimum Gasteiger partial charge on any atom is -0.355 e. The third-order valence-electron chi connectivity index (χ3n) is 3.10. The van der Waals surface area contributed by atoms with Crippen molar-refractivity contribution in [2.24, 2.45) is 0 Å². The average Bonchev–Trinajstić information content (AvgIpc) is 3.19. The molecule has 19 heavy (non-hydrogen) atoms. The lowest BCUT2D eigenvalue weighted by molar-refractivity contribution is -0.136. The van der Waals surface area contributed by atoms with Crippen molar-refractivity contribution in [1.29, 1.82) is 0 Å². The number of carbonyl (C=O) groups excluding carboxylic acids is 2. The van der Waals surface area contributed by atoms with Gasteiger partial charge in [0, 0.05) is 32.1 Å². The summed E-state index contributed by atoms with van der Waals surface area (Å²) in [5, 5.41) is 6.14. The number of nitrogens with zero attached hydrogens (tertiary/aromatic N) is 1. The summed E-state index contributed by atoms with van der Waals surface area (Å²) >= 11 is 0. The van der Waals surface area contributed by atoms with Gasteiger partial charge in [0.25, 0.3) is 0 Å². The summed E-state index contributed by atoms with van der Waals surface area (Å²) in [4.78, 5) is 25.4. The topological polar surface area (TPSA) is 61.4 Å². The summed E-state index contributed by atoms with van der Waals surface area (Å²) in [6, 6.07) is 0.625. The Hall–Kier alpha value is -1.10. The highest BCUT2D eigenvalue weighted by molar-refractivity contribution is 5.84. The van der Waals surface area contributed by atoms with Gasteiger partial charge in [0.15, 0.2) is 0 Å². The molecule has 1 aliphatic carbocycles. The first kappa shape index (κ1) is 16.0. The fourth-order valence-corrected chi connectivity index (χ4v) is 1.88. The van der Waals surface area contributed by atoms with Crippen molar-refractivity contribution in [2.45, 2.75) is 52.0 Å². The van der Waals surface area contributed by atoms with Crippen LogP contribution in [0, 0.1) is 0 Å². The van der Waals surface area contributed by atoms with E-state index in [4.69, 9.17) is 0 Å². The fraction of sp³-hybridized carbons (Fsp3) is 0.857. The van der Waals surface area contributed by atoms with Gasteiger partial charge in [0.2, 0.25) is 11.8 Å². The van der Waals surface area contributed by atoms with Crippen LogP contribution in [0.4, 0.5) is 0 Å². The molecule has 1 aliphatic rings. The molecule has 0 aromatic carbocycles. The monoisotopic (exact) mass is 269 g/mol. The molecule has 5 nitrogen and oxygen atoms in total. The molecule has 0 aromatic heterocycles. The second-order valence-electron chi connectivity index (χ2n) is 5.14. The van der Waals surface area contributed by atoms with Gasteiger partial charge in [-0.2, -0.15) is 0 Å². The molecule has 1 saturated carbocycles. The molecule has 5 heteroatoms. The Labute approximate surface area is 116 Å². The van der Waals surface area contributed by atoms with Crippen molar-refractivity contribution < 1.29 is 9.59 Å². The maximum absolute atomic E-state index is 12.1. The number of nitrogens with one attached hydrogen (secondary N) is 2. The molecule has 110 valence electrons. The molecule has 0 unspecified atom stereocenters. The number of hydrogen-bond acceptors (Lipinski definition) is 3. The van der Waals surface area contributed by atoms with Crippen LogP contribution in [0.25, 0.3) is 0 Å². The van der Waals surface area contributed by atoms with Crippen LogP contribution >= 0.6 is 0 Å². The maximum Gasteiger partial charge on any atom is 0.239 e. The van der Waals surface area contributed by atoms with Gasteiger partial charge < -0.3 is 15.5 Å². The van der Waals surface area contributed by atoms with E-state index in [1.807, 2.05) is 13.8 Å². The van der Waals surface area contributed by atoms with Gasteiger partial charge in [-0.1, -0.05) is 13.8 Å². The van der Waals surface area contributed by atoms with Crippen molar-refractivity contribution in [3.63, 3.8) is 0 Å². The average molecular weight is 269 g/mol. The first-order valence-corrected chi connectivity index (χ1v) is 7.45. The smallest absolute Gasteiger partial charge is 0.239 e. The molecule has 0 heterocycles. The Morgan fingerprint density at radius 2 is 1.89 bits per heavy atom. The van der Waals surface area contributed by atoms with Gasteiger partial charge in [0.1, 0.15) is 0 Å². The van der Waals surface area contributed by atoms with E-state index in [9.17, 15) is 9.59 Å². The van der Waals surface area contributed by atoms with Gasteiger partial charge in [-0.15, -0.1) is 0 Å². The standard InChI is InChI=1S/C14H27N3O2/c1-3-8-16-13(18)11-17(10-4-2)14(19)7-9-15-12-5-6-12/h12,15H,3-11H2,1-2H3,(H,16,18). The predicted octanol–water partition coefficient (Wildman–Crippen LogP) is 0.893. The molecule has 0 aliphatic heterocycles. The second-order valence-corrected chi connectivity index (χ2v) is 5.14. The first-order chi connectivity index (χ1) is 9.17. The van der Waals surface area contributed by atoms with E-state index >= 15 is 0 Å². The third kappa shape index (κ3) is 7.15. The van der Waals surface area contributed by atoms with Gasteiger partial charge in [0.05, 0.1) is 6.54 Å². The van der Waals surface area contributed by atoms with Crippen LogP contribution in [0.5, 0.6) is 0 Å². The molecule has 2 amide bonds. The lowest BCUT2D eigenvalue weighted by atomic mass is 10.3. The highest BCUT2D eigenvalue weighted by Crippen LogP contribution is 2.18. The van der Waals surface area contributed by atoms with E-state index in [2.05, 4.69) is 10.6 Å². The maximum atomic E-state index is 12.1. The summed E-state index contributed by atoms with van der Waals surface area (Å²) in [7, 11) is 0. The zero-order valence-corrected chi connectivity index (χ0v) is 12.2. The van der Waals surface area contributed by atoms with Crippen molar-refractivity contribution >= 4 is 11.8 Å². The van der Waals surface area contributed by atoms with Crippen molar-refractivity contribution in [2.75, 3.05) is 26.2 Å². The van der Waals surface area contributed by atoms with Gasteiger partial charge in [-0.05, 0) is 25.7 Å². The molecule has 0 aromatic rings. The van der Waals surface area contributed by atoms with Crippen LogP contribution in [0.2, 0.25) is 0 Å². The molecule has 1 rings (SSSR count). The highest BCUT2D eigenvalue weighted by atomic mass is 16.2. The van der Waals surface area contributed by atoms with Crippen LogP contribution < -0.4 is 10.6 Å². The molecule has 1 fully saturated rings. The Bertz CT molecular complexity index is 290. The van der Waals surface area contributed by atoms with Crippen LogP contribution in [0.1, 0.15) is 46.0 Å². The van der Waals surface area contributed by atoms with Crippen LogP contribution in [-0.2, 0) is 9.59 Å². The zero-order chi connectivity index (χ0) is 14.1. The van der Waals surface area contributed by atoms with Crippen molar-refractivity contribution in [1.82, 2.24) is 15.5 Å². The van der Waals surface area contributed by atoms with E-state index in [0.29, 0.717) is 25.6 Å². The number of hydrogen-bond donors (Lipinski definition) is 2. The third-order valence-corrected chi connectivity index (χ3v) is 3.10. The van der Waals surface area contributed by atoms with E-state index in [-0.39, 0.29) is 18.4 Å². The summed E-state index contributed by atoms with van der Waals surface area (Å²) < 4.78 is 0. The summed E-state index contributed by atoms with van der Waals surface area (Å²) in [5.74, 6) is 0.0143. The normalized spacial score (nSPS) is 14.2. The Morgan fingerprint density at radius 3 is 2.47 bits per heavy atom. The lowest BCUT2D eigenvalue weighted by Crippen LogP contribution is -2.42. The van der Waals surface area contributed by atoms with Crippen LogP contribution in [0.15, 0.2) is 0 Å². The summed E-state index contributed by atoms with van der Waals surface area (Å²) in [5.41, 5.74) is 0. The Kier molecular flexibility index (Phi) is 7.48. The fourth-order valence-electron chi connectivity index (χ4n) is 1.88. The molecular formula is C14H27N3O2. The molecular weight excluding hydrogens is 242 g/mol. The van der Waals surface area contributed by atoms with Gasteiger partial charge in [-0.3, -0.25) is 9.59 Å². The molecule has 0 atom stereocenters. The van der Waals surface area contributed by atoms with Crippen molar-refractivity contribution in [3.05, 3.63) is 0 Å². The highest BCUT2D eigenvalue weighted by Gasteiger charge is 2.21. The van der Waals surface area contributed by atoms with E-state index in [1.54, 1.807) is 4.90 Å².